The number of nitrogens with one attached hydrogen (secondary N) is 1. The Labute approximate surface area is 116 Å². The lowest BCUT2D eigenvalue weighted by atomic mass is 9.91. The lowest BCUT2D eigenvalue weighted by Crippen LogP contribution is -2.37. The van der Waals surface area contributed by atoms with Crippen LogP contribution in [0.25, 0.3) is 0 Å². The Kier molecular flexibility index (Phi) is 5.38. The second kappa shape index (κ2) is 7.04. The largest absolute Gasteiger partial charge is 0.314 e. The first-order chi connectivity index (χ1) is 9.22. The molecule has 1 fully saturated rings. The highest BCUT2D eigenvalue weighted by atomic mass is 19.1. The topological polar surface area (TPSA) is 12.0 Å². The van der Waals surface area contributed by atoms with Crippen LogP contribution >= 0.6 is 0 Å². The van der Waals surface area contributed by atoms with E-state index in [4.69, 9.17) is 0 Å². The average Bonchev–Trinajstić information content (AvgIpc) is 2.87. The van der Waals surface area contributed by atoms with Crippen molar-refractivity contribution in [2.24, 2.45) is 11.8 Å². The van der Waals surface area contributed by atoms with Crippen LogP contribution < -0.4 is 5.32 Å². The molecule has 0 aliphatic heterocycles. The maximum atomic E-state index is 13.3. The zero-order chi connectivity index (χ0) is 13.7. The maximum Gasteiger partial charge on any atom is 0.123 e. The van der Waals surface area contributed by atoms with E-state index in [1.165, 1.54) is 31.7 Å². The molecular formula is C17H26FN. The molecule has 1 aromatic carbocycles. The lowest BCUT2D eigenvalue weighted by molar-refractivity contribution is 0.348. The SMILES string of the molecule is CCNC(Cc1cccc(F)c1)C1CCC(CC)C1. The molecular weight excluding hydrogens is 237 g/mol. The third-order valence-corrected chi connectivity index (χ3v) is 4.54. The molecule has 2 rings (SSSR count). The molecule has 0 saturated heterocycles. The van der Waals surface area contributed by atoms with Crippen LogP contribution in [0, 0.1) is 17.7 Å². The summed E-state index contributed by atoms with van der Waals surface area (Å²) in [5.74, 6) is 1.54. The van der Waals surface area contributed by atoms with Gasteiger partial charge in [-0.05, 0) is 55.3 Å². The van der Waals surface area contributed by atoms with Gasteiger partial charge in [0.2, 0.25) is 0 Å². The van der Waals surface area contributed by atoms with Gasteiger partial charge in [0.05, 0.1) is 0 Å². The van der Waals surface area contributed by atoms with Gasteiger partial charge in [-0.3, -0.25) is 0 Å². The van der Waals surface area contributed by atoms with E-state index in [0.717, 1.165) is 30.4 Å². The minimum atomic E-state index is -0.120. The van der Waals surface area contributed by atoms with E-state index in [1.54, 1.807) is 6.07 Å². The third-order valence-electron chi connectivity index (χ3n) is 4.54. The van der Waals surface area contributed by atoms with Crippen LogP contribution in [-0.2, 0) is 6.42 Å². The second-order valence-corrected chi connectivity index (χ2v) is 5.85. The van der Waals surface area contributed by atoms with Crippen LogP contribution in [-0.4, -0.2) is 12.6 Å². The molecule has 0 aromatic heterocycles. The molecule has 3 unspecified atom stereocenters. The van der Waals surface area contributed by atoms with E-state index in [2.05, 4.69) is 19.2 Å². The first-order valence-electron chi connectivity index (χ1n) is 7.70. The summed E-state index contributed by atoms with van der Waals surface area (Å²) < 4.78 is 13.3. The van der Waals surface area contributed by atoms with Crippen molar-refractivity contribution in [2.75, 3.05) is 6.54 Å². The Bertz CT molecular complexity index is 391. The van der Waals surface area contributed by atoms with Gasteiger partial charge in [-0.15, -0.1) is 0 Å². The number of halogens is 1. The van der Waals surface area contributed by atoms with Crippen molar-refractivity contribution in [1.82, 2.24) is 5.32 Å². The fraction of sp³-hybridized carbons (Fsp3) is 0.647. The van der Waals surface area contributed by atoms with Gasteiger partial charge in [0.25, 0.3) is 0 Å². The zero-order valence-corrected chi connectivity index (χ0v) is 12.2. The molecule has 1 aliphatic rings. The van der Waals surface area contributed by atoms with Crippen LogP contribution in [0.5, 0.6) is 0 Å². The number of rotatable bonds is 6. The number of hydrogen-bond acceptors (Lipinski definition) is 1. The van der Waals surface area contributed by atoms with Gasteiger partial charge in [-0.25, -0.2) is 4.39 Å². The van der Waals surface area contributed by atoms with Crippen molar-refractivity contribution in [3.8, 4) is 0 Å². The normalized spacial score (nSPS) is 24.6. The Hall–Kier alpha value is -0.890. The summed E-state index contributed by atoms with van der Waals surface area (Å²) in [6.45, 7) is 5.44. The minimum Gasteiger partial charge on any atom is -0.314 e. The van der Waals surface area contributed by atoms with Crippen molar-refractivity contribution < 1.29 is 4.39 Å². The van der Waals surface area contributed by atoms with E-state index in [-0.39, 0.29) is 5.82 Å². The molecule has 1 saturated carbocycles. The number of benzene rings is 1. The van der Waals surface area contributed by atoms with E-state index in [9.17, 15) is 4.39 Å². The summed E-state index contributed by atoms with van der Waals surface area (Å²) in [6.07, 6.45) is 6.28. The second-order valence-electron chi connectivity index (χ2n) is 5.85. The zero-order valence-electron chi connectivity index (χ0n) is 12.2. The highest BCUT2D eigenvalue weighted by molar-refractivity contribution is 5.17. The van der Waals surface area contributed by atoms with Crippen LogP contribution in [0.2, 0.25) is 0 Å². The first-order valence-corrected chi connectivity index (χ1v) is 7.70. The predicted octanol–water partition coefficient (Wildman–Crippen LogP) is 4.17. The Balaban J connectivity index is 2.00. The number of likely N-dealkylation sites (N-methyl/N-ethyl adjacent to an activating group) is 1. The van der Waals surface area contributed by atoms with Gasteiger partial charge >= 0.3 is 0 Å². The third kappa shape index (κ3) is 4.04. The van der Waals surface area contributed by atoms with E-state index < -0.39 is 0 Å². The molecule has 1 aromatic rings. The Morgan fingerprint density at radius 3 is 2.79 bits per heavy atom. The summed E-state index contributed by atoms with van der Waals surface area (Å²) in [4.78, 5) is 0. The highest BCUT2D eigenvalue weighted by Gasteiger charge is 2.29. The van der Waals surface area contributed by atoms with E-state index >= 15 is 0 Å². The molecule has 0 heterocycles. The predicted molar refractivity (Wildman–Crippen MR) is 78.7 cm³/mol. The Morgan fingerprint density at radius 1 is 1.32 bits per heavy atom. The molecule has 2 heteroatoms. The molecule has 3 atom stereocenters. The average molecular weight is 263 g/mol. The summed E-state index contributed by atoms with van der Waals surface area (Å²) in [6, 6.07) is 7.56. The summed E-state index contributed by atoms with van der Waals surface area (Å²) in [7, 11) is 0. The molecule has 19 heavy (non-hydrogen) atoms. The smallest absolute Gasteiger partial charge is 0.123 e. The molecule has 1 aliphatic carbocycles. The minimum absolute atomic E-state index is 0.120. The standard InChI is InChI=1S/C17H26FN/c1-3-13-8-9-15(10-13)17(19-4-2)12-14-6-5-7-16(18)11-14/h5-7,11,13,15,17,19H,3-4,8-10,12H2,1-2H3. The number of hydrogen-bond donors (Lipinski definition) is 1. The van der Waals surface area contributed by atoms with Crippen molar-refractivity contribution >= 4 is 0 Å². The van der Waals surface area contributed by atoms with Gasteiger partial charge in [0.15, 0.2) is 0 Å². The van der Waals surface area contributed by atoms with Crippen molar-refractivity contribution in [2.45, 2.75) is 52.0 Å². The monoisotopic (exact) mass is 263 g/mol. The maximum absolute atomic E-state index is 13.3. The van der Waals surface area contributed by atoms with E-state index in [1.807, 2.05) is 12.1 Å². The lowest BCUT2D eigenvalue weighted by Gasteiger charge is -2.25. The van der Waals surface area contributed by atoms with Gasteiger partial charge in [-0.2, -0.15) is 0 Å². The molecule has 0 radical (unpaired) electrons. The summed E-state index contributed by atoms with van der Waals surface area (Å²) >= 11 is 0. The van der Waals surface area contributed by atoms with Crippen molar-refractivity contribution in [3.63, 3.8) is 0 Å². The fourth-order valence-electron chi connectivity index (χ4n) is 3.44. The van der Waals surface area contributed by atoms with E-state index in [0.29, 0.717) is 6.04 Å². The Morgan fingerprint density at radius 2 is 2.16 bits per heavy atom. The molecule has 0 spiro atoms. The van der Waals surface area contributed by atoms with Crippen molar-refractivity contribution in [1.29, 1.82) is 0 Å². The van der Waals surface area contributed by atoms with Crippen LogP contribution in [0.4, 0.5) is 4.39 Å². The summed E-state index contributed by atoms with van der Waals surface area (Å²) in [5.41, 5.74) is 1.12. The van der Waals surface area contributed by atoms with Crippen LogP contribution in [0.15, 0.2) is 24.3 Å². The fourth-order valence-corrected chi connectivity index (χ4v) is 3.44. The molecule has 1 N–H and O–H groups in total. The van der Waals surface area contributed by atoms with Gasteiger partial charge in [0.1, 0.15) is 5.82 Å². The summed E-state index contributed by atoms with van der Waals surface area (Å²) in [5, 5.41) is 3.61. The molecule has 106 valence electrons. The molecule has 0 amide bonds. The molecule has 1 nitrogen and oxygen atoms in total. The highest BCUT2D eigenvalue weighted by Crippen LogP contribution is 2.35. The van der Waals surface area contributed by atoms with Crippen LogP contribution in [0.3, 0.4) is 0 Å². The first kappa shape index (κ1) is 14.5. The molecule has 0 bridgehead atoms. The van der Waals surface area contributed by atoms with Gasteiger partial charge in [-0.1, -0.05) is 38.8 Å². The van der Waals surface area contributed by atoms with Gasteiger partial charge < -0.3 is 5.32 Å². The quantitative estimate of drug-likeness (QED) is 0.812. The van der Waals surface area contributed by atoms with Crippen molar-refractivity contribution in [3.05, 3.63) is 35.6 Å². The van der Waals surface area contributed by atoms with Crippen LogP contribution in [0.1, 0.15) is 45.1 Å². The van der Waals surface area contributed by atoms with Gasteiger partial charge in [0, 0.05) is 6.04 Å².